The number of carboxylic acid groups (broad SMARTS) is 1. The number of aliphatic carboxylic acids is 1. The van der Waals surface area contributed by atoms with Crippen LogP contribution in [0.25, 0.3) is 5.95 Å². The molecule has 8 heteroatoms. The number of hydrogen-bond donors (Lipinski definition) is 2. The van der Waals surface area contributed by atoms with Crippen molar-refractivity contribution in [1.82, 2.24) is 19.5 Å². The van der Waals surface area contributed by atoms with Gasteiger partial charge in [0.15, 0.2) is 0 Å². The molecule has 0 amide bonds. The van der Waals surface area contributed by atoms with Crippen molar-refractivity contribution in [2.45, 2.75) is 25.8 Å². The first-order chi connectivity index (χ1) is 12.7. The van der Waals surface area contributed by atoms with Crippen LogP contribution in [0.4, 0.5) is 5.82 Å². The van der Waals surface area contributed by atoms with E-state index in [1.165, 1.54) is 0 Å². The van der Waals surface area contributed by atoms with E-state index in [0.29, 0.717) is 37.6 Å². The molecule has 1 aromatic carbocycles. The fourth-order valence-electron chi connectivity index (χ4n) is 3.23. The van der Waals surface area contributed by atoms with Gasteiger partial charge >= 0.3 is 35.5 Å². The van der Waals surface area contributed by atoms with Gasteiger partial charge in [0.05, 0.1) is 11.6 Å². The van der Waals surface area contributed by atoms with E-state index in [1.54, 1.807) is 23.3 Å². The van der Waals surface area contributed by atoms with Crippen molar-refractivity contribution in [1.29, 1.82) is 0 Å². The Labute approximate surface area is 180 Å². The van der Waals surface area contributed by atoms with E-state index in [1.807, 2.05) is 30.3 Å². The van der Waals surface area contributed by atoms with Gasteiger partial charge < -0.3 is 11.8 Å². The maximum atomic E-state index is 11.4. The Bertz CT molecular complexity index is 922. The second-order valence-corrected chi connectivity index (χ2v) is 6.38. The number of nitrogens with one attached hydrogen (secondary N) is 1. The third-order valence-electron chi connectivity index (χ3n) is 4.65. The van der Waals surface area contributed by atoms with E-state index in [2.05, 4.69) is 20.3 Å². The standard InChI is InChI=1S/C19H19N5O2.Na.H/c25-18(26)14-6-7-16-15(10-14)17(21-11-13-4-2-1-3-5-13)23-19(22-16)24-9-8-20-12-24;;/h1-5,8-9,12,14H,6-7,10-11H2,(H,25,26)(H,21,22,23);;/q;+1;-1. The van der Waals surface area contributed by atoms with E-state index in [9.17, 15) is 9.90 Å². The van der Waals surface area contributed by atoms with Gasteiger partial charge in [0.1, 0.15) is 12.1 Å². The molecule has 0 saturated heterocycles. The molecule has 1 atom stereocenters. The zero-order valence-corrected chi connectivity index (χ0v) is 17.2. The van der Waals surface area contributed by atoms with Crippen LogP contribution in [0.2, 0.25) is 0 Å². The molecule has 27 heavy (non-hydrogen) atoms. The van der Waals surface area contributed by atoms with Crippen molar-refractivity contribution in [3.8, 4) is 5.95 Å². The van der Waals surface area contributed by atoms with Crippen molar-refractivity contribution < 1.29 is 40.9 Å². The maximum Gasteiger partial charge on any atom is 1.00 e. The minimum Gasteiger partial charge on any atom is -1.00 e. The van der Waals surface area contributed by atoms with Gasteiger partial charge in [0.25, 0.3) is 0 Å². The largest absolute Gasteiger partial charge is 1.00 e. The number of hydrogen-bond acceptors (Lipinski definition) is 5. The van der Waals surface area contributed by atoms with Crippen LogP contribution in [0.5, 0.6) is 0 Å². The Morgan fingerprint density at radius 1 is 1.30 bits per heavy atom. The van der Waals surface area contributed by atoms with Crippen molar-refractivity contribution in [3.05, 3.63) is 65.9 Å². The van der Waals surface area contributed by atoms with E-state index in [-0.39, 0.29) is 36.9 Å². The average molecular weight is 373 g/mol. The molecule has 2 heterocycles. The molecule has 0 aliphatic heterocycles. The summed E-state index contributed by atoms with van der Waals surface area (Å²) in [4.78, 5) is 24.8. The summed E-state index contributed by atoms with van der Waals surface area (Å²) in [5, 5.41) is 12.8. The van der Waals surface area contributed by atoms with Gasteiger partial charge in [0.2, 0.25) is 5.95 Å². The molecule has 7 nitrogen and oxygen atoms in total. The monoisotopic (exact) mass is 373 g/mol. The molecule has 0 spiro atoms. The molecular weight excluding hydrogens is 353 g/mol. The second-order valence-electron chi connectivity index (χ2n) is 6.38. The number of imidazole rings is 1. The Morgan fingerprint density at radius 2 is 2.11 bits per heavy atom. The van der Waals surface area contributed by atoms with Crippen LogP contribution >= 0.6 is 0 Å². The summed E-state index contributed by atoms with van der Waals surface area (Å²) in [5.41, 5.74) is 2.95. The van der Waals surface area contributed by atoms with Gasteiger partial charge in [-0.05, 0) is 24.8 Å². The molecule has 2 aromatic heterocycles. The first-order valence-corrected chi connectivity index (χ1v) is 8.59. The third kappa shape index (κ3) is 4.37. The quantitative estimate of drug-likeness (QED) is 0.590. The maximum absolute atomic E-state index is 11.4. The second kappa shape index (κ2) is 8.65. The third-order valence-corrected chi connectivity index (χ3v) is 4.65. The van der Waals surface area contributed by atoms with Gasteiger partial charge in [0, 0.05) is 24.5 Å². The molecule has 0 fully saturated rings. The summed E-state index contributed by atoms with van der Waals surface area (Å²) < 4.78 is 1.76. The number of nitrogens with zero attached hydrogens (tertiary/aromatic N) is 4. The van der Waals surface area contributed by atoms with E-state index in [0.717, 1.165) is 16.8 Å². The van der Waals surface area contributed by atoms with Gasteiger partial charge in [-0.1, -0.05) is 30.3 Å². The number of aromatic nitrogens is 4. The minimum atomic E-state index is -0.761. The van der Waals surface area contributed by atoms with Gasteiger partial charge in [-0.2, -0.15) is 4.98 Å². The Morgan fingerprint density at radius 3 is 2.81 bits per heavy atom. The fraction of sp³-hybridized carbons (Fsp3) is 0.263. The molecule has 0 saturated carbocycles. The summed E-state index contributed by atoms with van der Waals surface area (Å²) in [7, 11) is 0. The molecule has 2 N–H and O–H groups in total. The first kappa shape index (κ1) is 19.5. The topological polar surface area (TPSA) is 92.9 Å². The van der Waals surface area contributed by atoms with Crippen molar-refractivity contribution >= 4 is 11.8 Å². The normalized spacial score (nSPS) is 15.5. The zero-order valence-electron chi connectivity index (χ0n) is 16.2. The molecule has 0 radical (unpaired) electrons. The van der Waals surface area contributed by atoms with Gasteiger partial charge in [-0.3, -0.25) is 9.36 Å². The molecule has 134 valence electrons. The molecule has 0 bridgehead atoms. The molecule has 3 aromatic rings. The van der Waals surface area contributed by atoms with Crippen molar-refractivity contribution in [2.75, 3.05) is 5.32 Å². The summed E-state index contributed by atoms with van der Waals surface area (Å²) in [6.07, 6.45) is 6.82. The Kier molecular flexibility index (Phi) is 6.26. The summed E-state index contributed by atoms with van der Waals surface area (Å²) in [6.45, 7) is 0.616. The fourth-order valence-corrected chi connectivity index (χ4v) is 3.23. The zero-order chi connectivity index (χ0) is 17.9. The van der Waals surface area contributed by atoms with Crippen molar-refractivity contribution in [3.63, 3.8) is 0 Å². The molecule has 1 unspecified atom stereocenters. The van der Waals surface area contributed by atoms with Crippen LogP contribution in [0.3, 0.4) is 0 Å². The number of benzene rings is 1. The van der Waals surface area contributed by atoms with E-state index in [4.69, 9.17) is 0 Å². The first-order valence-electron chi connectivity index (χ1n) is 8.59. The van der Waals surface area contributed by atoms with Crippen LogP contribution < -0.4 is 34.9 Å². The van der Waals surface area contributed by atoms with Crippen LogP contribution in [0.15, 0.2) is 49.1 Å². The van der Waals surface area contributed by atoms with Crippen LogP contribution in [0.1, 0.15) is 24.7 Å². The van der Waals surface area contributed by atoms with E-state index < -0.39 is 5.97 Å². The van der Waals surface area contributed by atoms with Crippen LogP contribution in [0, 0.1) is 5.92 Å². The van der Waals surface area contributed by atoms with Gasteiger partial charge in [-0.25, -0.2) is 9.97 Å². The number of fused-ring (bicyclic) bond motifs is 1. The minimum absolute atomic E-state index is 0. The molecule has 1 aliphatic rings. The predicted octanol–water partition coefficient (Wildman–Crippen LogP) is -0.420. The number of carboxylic acids is 1. The number of rotatable bonds is 5. The molecule has 4 rings (SSSR count). The molecular formula is C19H20N5NaO2. The molecule has 1 aliphatic carbocycles. The summed E-state index contributed by atoms with van der Waals surface area (Å²) in [6, 6.07) is 10.0. The number of aryl methyl sites for hydroxylation is 1. The predicted molar refractivity (Wildman–Crippen MR) is 97.2 cm³/mol. The SMILES string of the molecule is O=C(O)C1CCc2nc(-n3ccnc3)nc(NCc3ccccc3)c2C1.[H-].[Na+]. The van der Waals surface area contributed by atoms with Crippen LogP contribution in [-0.4, -0.2) is 30.6 Å². The summed E-state index contributed by atoms with van der Waals surface area (Å²) >= 11 is 0. The number of carbonyl (C=O) groups is 1. The Balaban J connectivity index is 0.00000140. The van der Waals surface area contributed by atoms with Crippen molar-refractivity contribution in [2.24, 2.45) is 5.92 Å². The van der Waals surface area contributed by atoms with Crippen LogP contribution in [-0.2, 0) is 24.2 Å². The van der Waals surface area contributed by atoms with Gasteiger partial charge in [-0.15, -0.1) is 0 Å². The average Bonchev–Trinajstić information content (AvgIpc) is 3.21. The smallest absolute Gasteiger partial charge is 1.00 e. The summed E-state index contributed by atoms with van der Waals surface area (Å²) in [5.74, 6) is 0.102. The Hall–Kier alpha value is -2.22. The van der Waals surface area contributed by atoms with E-state index >= 15 is 0 Å². The number of anilines is 1.